The highest BCUT2D eigenvalue weighted by atomic mass is 32.2. The summed E-state index contributed by atoms with van der Waals surface area (Å²) in [6.07, 6.45) is 1.52. The smallest absolute Gasteiger partial charge is 0.320 e. The van der Waals surface area contributed by atoms with Gasteiger partial charge in [0.15, 0.2) is 0 Å². The van der Waals surface area contributed by atoms with E-state index >= 15 is 0 Å². The van der Waals surface area contributed by atoms with Crippen molar-refractivity contribution in [2.45, 2.75) is 25.0 Å². The highest BCUT2D eigenvalue weighted by Gasteiger charge is 2.58. The fraction of sp³-hybridized carbons (Fsp3) is 0.900. The molecule has 2 bridgehead atoms. The Kier molecular flexibility index (Phi) is 2.46. The number of esters is 1. The molecule has 3 rings (SSSR count). The van der Waals surface area contributed by atoms with Gasteiger partial charge >= 0.3 is 5.97 Å². The molecule has 2 aliphatic carbocycles. The van der Waals surface area contributed by atoms with E-state index in [1.807, 2.05) is 0 Å². The molecule has 0 spiro atoms. The first-order valence-electron chi connectivity index (χ1n) is 5.69. The van der Waals surface area contributed by atoms with E-state index in [0.717, 1.165) is 12.8 Å². The molecule has 2 saturated carbocycles. The summed E-state index contributed by atoms with van der Waals surface area (Å²) in [5.41, 5.74) is 0. The third-order valence-corrected chi connectivity index (χ3v) is 4.65. The average molecular weight is 261 g/mol. The minimum Gasteiger partial charge on any atom is -0.748 e. The van der Waals surface area contributed by atoms with Crippen molar-refractivity contribution < 1.29 is 27.2 Å². The van der Waals surface area contributed by atoms with E-state index < -0.39 is 21.8 Å². The maximum Gasteiger partial charge on any atom is 0.320 e. The van der Waals surface area contributed by atoms with Gasteiger partial charge in [0.25, 0.3) is 0 Å². The first-order chi connectivity index (χ1) is 7.94. The van der Waals surface area contributed by atoms with Crippen LogP contribution < -0.4 is 0 Å². The van der Waals surface area contributed by atoms with Gasteiger partial charge in [-0.2, -0.15) is 0 Å². The number of hydrogen-bond acceptors (Lipinski definition) is 6. The summed E-state index contributed by atoms with van der Waals surface area (Å²) in [6.45, 7) is 0.708. The molecule has 0 amide bonds. The largest absolute Gasteiger partial charge is 0.748 e. The van der Waals surface area contributed by atoms with Gasteiger partial charge < -0.3 is 14.0 Å². The van der Waals surface area contributed by atoms with Crippen LogP contribution in [0.25, 0.3) is 0 Å². The SMILES string of the molecule is O=C(CS(=O)(=O)[O-])OC1C2CC3COC1C3C2. The van der Waals surface area contributed by atoms with Crippen molar-refractivity contribution >= 4 is 16.1 Å². The molecule has 5 atom stereocenters. The molecule has 96 valence electrons. The molecule has 1 aliphatic heterocycles. The van der Waals surface area contributed by atoms with Crippen LogP contribution in [0.3, 0.4) is 0 Å². The molecule has 0 aromatic carbocycles. The highest BCUT2D eigenvalue weighted by molar-refractivity contribution is 7.86. The summed E-state index contributed by atoms with van der Waals surface area (Å²) in [5.74, 6) is -0.748. The summed E-state index contributed by atoms with van der Waals surface area (Å²) < 4.78 is 42.0. The van der Waals surface area contributed by atoms with Crippen LogP contribution in [0.15, 0.2) is 0 Å². The Hall–Kier alpha value is -0.660. The molecule has 1 heterocycles. The Morgan fingerprint density at radius 3 is 2.82 bits per heavy atom. The molecule has 3 aliphatic rings. The van der Waals surface area contributed by atoms with E-state index in [9.17, 15) is 17.8 Å². The lowest BCUT2D eigenvalue weighted by Crippen LogP contribution is -2.37. The Morgan fingerprint density at radius 2 is 2.12 bits per heavy atom. The fourth-order valence-electron chi connectivity index (χ4n) is 3.52. The lowest BCUT2D eigenvalue weighted by Gasteiger charge is -2.26. The van der Waals surface area contributed by atoms with E-state index in [-0.39, 0.29) is 18.1 Å². The van der Waals surface area contributed by atoms with E-state index in [0.29, 0.717) is 18.4 Å². The van der Waals surface area contributed by atoms with E-state index in [1.54, 1.807) is 0 Å². The van der Waals surface area contributed by atoms with Gasteiger partial charge in [-0.25, -0.2) is 8.42 Å². The molecular weight excluding hydrogens is 248 g/mol. The standard InChI is InChI=1S/C10H14O6S/c11-8(4-17(12,13)14)16-9-5-1-6-3-15-10(9)7(6)2-5/h5-7,9-10H,1-4H2,(H,12,13,14)/p-1. The number of fused-ring (bicyclic) bond motifs is 1. The van der Waals surface area contributed by atoms with Crippen molar-refractivity contribution in [3.05, 3.63) is 0 Å². The molecule has 3 fully saturated rings. The third kappa shape index (κ3) is 1.96. The molecule has 0 aromatic rings. The van der Waals surface area contributed by atoms with Crippen molar-refractivity contribution in [2.75, 3.05) is 12.4 Å². The van der Waals surface area contributed by atoms with Gasteiger partial charge in [0, 0.05) is 0 Å². The number of carbonyl (C=O) groups is 1. The summed E-state index contributed by atoms with van der Waals surface area (Å²) in [4.78, 5) is 11.3. The molecule has 0 radical (unpaired) electrons. The van der Waals surface area contributed by atoms with Crippen molar-refractivity contribution in [1.29, 1.82) is 0 Å². The molecule has 0 aromatic heterocycles. The van der Waals surface area contributed by atoms with Crippen molar-refractivity contribution in [2.24, 2.45) is 17.8 Å². The minimum atomic E-state index is -4.56. The number of ether oxygens (including phenoxy) is 2. The zero-order valence-electron chi connectivity index (χ0n) is 9.07. The predicted molar refractivity (Wildman–Crippen MR) is 53.9 cm³/mol. The third-order valence-electron chi connectivity index (χ3n) is 4.06. The number of rotatable bonds is 3. The van der Waals surface area contributed by atoms with Crippen molar-refractivity contribution in [3.8, 4) is 0 Å². The summed E-state index contributed by atoms with van der Waals surface area (Å²) in [7, 11) is -4.56. The Balaban J connectivity index is 1.65. The Morgan fingerprint density at radius 1 is 1.35 bits per heavy atom. The second kappa shape index (κ2) is 3.66. The van der Waals surface area contributed by atoms with Gasteiger partial charge in [-0.1, -0.05) is 0 Å². The molecule has 6 nitrogen and oxygen atoms in total. The normalized spacial score (nSPS) is 43.0. The summed E-state index contributed by atoms with van der Waals surface area (Å²) in [6, 6.07) is 0. The average Bonchev–Trinajstić information content (AvgIpc) is 2.73. The van der Waals surface area contributed by atoms with Crippen LogP contribution in [0.4, 0.5) is 0 Å². The quantitative estimate of drug-likeness (QED) is 0.502. The van der Waals surface area contributed by atoms with E-state index in [1.165, 1.54) is 0 Å². The van der Waals surface area contributed by atoms with Gasteiger partial charge in [0.2, 0.25) is 0 Å². The topological polar surface area (TPSA) is 92.7 Å². The monoisotopic (exact) mass is 261 g/mol. The molecule has 5 unspecified atom stereocenters. The van der Waals surface area contributed by atoms with Crippen LogP contribution in [-0.2, 0) is 24.4 Å². The zero-order valence-corrected chi connectivity index (χ0v) is 9.89. The first-order valence-corrected chi connectivity index (χ1v) is 7.26. The van der Waals surface area contributed by atoms with Crippen LogP contribution in [0, 0.1) is 17.8 Å². The Bertz CT molecular complexity index is 442. The fourth-order valence-corrected chi connectivity index (χ4v) is 3.88. The van der Waals surface area contributed by atoms with Gasteiger partial charge in [0.1, 0.15) is 22.0 Å². The van der Waals surface area contributed by atoms with Crippen molar-refractivity contribution in [1.82, 2.24) is 0 Å². The molecule has 7 heteroatoms. The van der Waals surface area contributed by atoms with Gasteiger partial charge in [0.05, 0.1) is 12.7 Å². The minimum absolute atomic E-state index is 0.0861. The lowest BCUT2D eigenvalue weighted by molar-refractivity contribution is -0.154. The van der Waals surface area contributed by atoms with Crippen LogP contribution in [0.5, 0.6) is 0 Å². The maximum atomic E-state index is 11.3. The van der Waals surface area contributed by atoms with Crippen LogP contribution >= 0.6 is 0 Å². The van der Waals surface area contributed by atoms with E-state index in [2.05, 4.69) is 0 Å². The van der Waals surface area contributed by atoms with E-state index in [4.69, 9.17) is 9.47 Å². The zero-order chi connectivity index (χ0) is 12.2. The molecule has 1 saturated heterocycles. The van der Waals surface area contributed by atoms with Crippen molar-refractivity contribution in [3.63, 3.8) is 0 Å². The first kappa shape index (κ1) is 11.4. The lowest BCUT2D eigenvalue weighted by atomic mass is 9.88. The second-order valence-corrected chi connectivity index (χ2v) is 6.51. The Labute approximate surface area is 99.0 Å². The van der Waals surface area contributed by atoms with Crippen LogP contribution in [0.2, 0.25) is 0 Å². The second-order valence-electron chi connectivity index (χ2n) is 5.11. The van der Waals surface area contributed by atoms with Gasteiger partial charge in [-0.15, -0.1) is 0 Å². The maximum absolute atomic E-state index is 11.3. The van der Waals surface area contributed by atoms with Crippen LogP contribution in [0.1, 0.15) is 12.8 Å². The van der Waals surface area contributed by atoms with Gasteiger partial charge in [-0.3, -0.25) is 4.79 Å². The van der Waals surface area contributed by atoms with Gasteiger partial charge in [-0.05, 0) is 30.6 Å². The van der Waals surface area contributed by atoms with Crippen LogP contribution in [-0.4, -0.2) is 43.5 Å². The summed E-state index contributed by atoms with van der Waals surface area (Å²) >= 11 is 0. The predicted octanol–water partition coefficient (Wildman–Crippen LogP) is -0.502. The molecule has 17 heavy (non-hydrogen) atoms. The number of carbonyl (C=O) groups excluding carboxylic acids is 1. The molecular formula is C10H13O6S-. The number of hydrogen-bond donors (Lipinski definition) is 0. The highest BCUT2D eigenvalue weighted by Crippen LogP contribution is 2.54. The summed E-state index contributed by atoms with van der Waals surface area (Å²) in [5, 5.41) is 0. The molecule has 0 N–H and O–H groups in total.